The summed E-state index contributed by atoms with van der Waals surface area (Å²) in [5.74, 6) is 0.0329. The Balaban J connectivity index is 1.98. The van der Waals surface area contributed by atoms with Crippen LogP contribution in [0.2, 0.25) is 0 Å². The van der Waals surface area contributed by atoms with Crippen molar-refractivity contribution in [3.05, 3.63) is 83.0 Å². The van der Waals surface area contributed by atoms with E-state index >= 15 is 0 Å². The summed E-state index contributed by atoms with van der Waals surface area (Å²) in [7, 11) is 0. The second-order valence-electron chi connectivity index (χ2n) is 5.67. The number of nitriles is 2. The number of amides is 1. The zero-order chi connectivity index (χ0) is 19.2. The van der Waals surface area contributed by atoms with Crippen LogP contribution in [-0.2, 0) is 5.75 Å². The molecule has 27 heavy (non-hydrogen) atoms. The van der Waals surface area contributed by atoms with Crippen molar-refractivity contribution in [2.24, 2.45) is 5.73 Å². The van der Waals surface area contributed by atoms with E-state index in [0.29, 0.717) is 33.0 Å². The minimum atomic E-state index is -0.484. The molecule has 1 amide bonds. The highest BCUT2D eigenvalue weighted by molar-refractivity contribution is 7.98. The number of nitrogens with two attached hydrogens (primary N) is 1. The Bertz CT molecular complexity index is 1080. The molecule has 0 saturated heterocycles. The van der Waals surface area contributed by atoms with Crippen LogP contribution in [0.4, 0.5) is 0 Å². The van der Waals surface area contributed by atoms with Crippen molar-refractivity contribution in [1.82, 2.24) is 4.98 Å². The van der Waals surface area contributed by atoms with Crippen molar-refractivity contribution in [2.45, 2.75) is 10.8 Å². The van der Waals surface area contributed by atoms with Crippen LogP contribution in [0.25, 0.3) is 11.1 Å². The van der Waals surface area contributed by atoms with Crippen LogP contribution in [0, 0.1) is 22.7 Å². The largest absolute Gasteiger partial charge is 0.366 e. The minimum Gasteiger partial charge on any atom is -0.366 e. The molecule has 0 aliphatic rings. The summed E-state index contributed by atoms with van der Waals surface area (Å²) in [6, 6.07) is 20.7. The van der Waals surface area contributed by atoms with Crippen LogP contribution in [0.1, 0.15) is 27.0 Å². The molecule has 5 nitrogen and oxygen atoms in total. The van der Waals surface area contributed by atoms with E-state index in [9.17, 15) is 15.3 Å². The SMILES string of the molecule is N#Cc1cnc(SCc2cccc(C(N)=O)c2)c(C#N)c1-c1ccccc1. The fourth-order valence-corrected chi connectivity index (χ4v) is 3.56. The number of nitrogens with zero attached hydrogens (tertiary/aromatic N) is 3. The van der Waals surface area contributed by atoms with Crippen molar-refractivity contribution < 1.29 is 4.79 Å². The highest BCUT2D eigenvalue weighted by atomic mass is 32.2. The highest BCUT2D eigenvalue weighted by Crippen LogP contribution is 2.33. The smallest absolute Gasteiger partial charge is 0.248 e. The predicted molar refractivity (Wildman–Crippen MR) is 104 cm³/mol. The number of primary amides is 1. The first-order chi connectivity index (χ1) is 13.1. The summed E-state index contributed by atoms with van der Waals surface area (Å²) in [4.78, 5) is 15.6. The summed E-state index contributed by atoms with van der Waals surface area (Å²) in [5, 5.41) is 19.7. The van der Waals surface area contributed by atoms with Gasteiger partial charge in [-0.1, -0.05) is 42.5 Å². The van der Waals surface area contributed by atoms with E-state index in [-0.39, 0.29) is 0 Å². The van der Waals surface area contributed by atoms with Crippen LogP contribution in [0.5, 0.6) is 0 Å². The highest BCUT2D eigenvalue weighted by Gasteiger charge is 2.17. The third-order valence-electron chi connectivity index (χ3n) is 3.93. The van der Waals surface area contributed by atoms with Gasteiger partial charge in [-0.2, -0.15) is 10.5 Å². The van der Waals surface area contributed by atoms with Gasteiger partial charge < -0.3 is 5.73 Å². The average molecular weight is 370 g/mol. The number of carbonyl (C=O) groups excluding carboxylic acids is 1. The standard InChI is InChI=1S/C21H14N4OS/c22-10-17-12-25-21(18(11-23)19(17)15-6-2-1-3-7-15)27-13-14-5-4-8-16(9-14)20(24)26/h1-9,12H,13H2,(H2,24,26). The number of aromatic nitrogens is 1. The van der Waals surface area contributed by atoms with Gasteiger partial charge in [0.1, 0.15) is 17.2 Å². The molecule has 3 rings (SSSR count). The molecule has 1 aromatic heterocycles. The van der Waals surface area contributed by atoms with Gasteiger partial charge >= 0.3 is 0 Å². The fraction of sp³-hybridized carbons (Fsp3) is 0.0476. The number of rotatable bonds is 5. The maximum atomic E-state index is 11.3. The van der Waals surface area contributed by atoms with E-state index in [0.717, 1.165) is 11.1 Å². The molecule has 0 aliphatic heterocycles. The summed E-state index contributed by atoms with van der Waals surface area (Å²) < 4.78 is 0. The van der Waals surface area contributed by atoms with Crippen LogP contribution < -0.4 is 5.73 Å². The van der Waals surface area contributed by atoms with E-state index in [1.807, 2.05) is 36.4 Å². The molecule has 0 atom stereocenters. The number of benzene rings is 2. The van der Waals surface area contributed by atoms with E-state index in [1.165, 1.54) is 18.0 Å². The molecule has 0 spiro atoms. The molecular formula is C21H14N4OS. The van der Waals surface area contributed by atoms with Gasteiger partial charge in [0.05, 0.1) is 11.1 Å². The van der Waals surface area contributed by atoms with Crippen molar-refractivity contribution in [3.63, 3.8) is 0 Å². The third kappa shape index (κ3) is 3.98. The molecule has 0 saturated carbocycles. The predicted octanol–water partition coefficient (Wildman–Crippen LogP) is 3.88. The Hall–Kier alpha value is -3.61. The van der Waals surface area contributed by atoms with E-state index in [4.69, 9.17) is 5.73 Å². The second kappa shape index (κ2) is 8.18. The molecule has 0 unspecified atom stereocenters. The van der Waals surface area contributed by atoms with Crippen LogP contribution in [0.3, 0.4) is 0 Å². The van der Waals surface area contributed by atoms with Crippen LogP contribution in [0.15, 0.2) is 65.8 Å². The molecule has 0 radical (unpaired) electrons. The van der Waals surface area contributed by atoms with Crippen LogP contribution in [-0.4, -0.2) is 10.9 Å². The fourth-order valence-electron chi connectivity index (χ4n) is 2.66. The maximum Gasteiger partial charge on any atom is 0.248 e. The minimum absolute atomic E-state index is 0.359. The van der Waals surface area contributed by atoms with Gasteiger partial charge in [-0.25, -0.2) is 4.98 Å². The van der Waals surface area contributed by atoms with E-state index in [1.54, 1.807) is 18.2 Å². The Labute approximate surface area is 161 Å². The van der Waals surface area contributed by atoms with Gasteiger partial charge in [-0.3, -0.25) is 4.79 Å². The Morgan fingerprint density at radius 1 is 1.07 bits per heavy atom. The third-order valence-corrected chi connectivity index (χ3v) is 4.99. The van der Waals surface area contributed by atoms with Gasteiger partial charge in [0.15, 0.2) is 0 Å². The normalized spacial score (nSPS) is 10.0. The Morgan fingerprint density at radius 2 is 1.85 bits per heavy atom. The molecule has 2 aromatic carbocycles. The molecule has 0 bridgehead atoms. The summed E-state index contributed by atoms with van der Waals surface area (Å²) in [6.45, 7) is 0. The monoisotopic (exact) mass is 370 g/mol. The van der Waals surface area contributed by atoms with E-state index in [2.05, 4.69) is 17.1 Å². The van der Waals surface area contributed by atoms with Gasteiger partial charge in [0.2, 0.25) is 5.91 Å². The first kappa shape index (κ1) is 18.2. The second-order valence-corrected chi connectivity index (χ2v) is 6.63. The molecule has 6 heteroatoms. The molecular weight excluding hydrogens is 356 g/mol. The summed E-state index contributed by atoms with van der Waals surface area (Å²) in [6.07, 6.45) is 1.49. The van der Waals surface area contributed by atoms with Gasteiger partial charge in [0.25, 0.3) is 0 Å². The van der Waals surface area contributed by atoms with Gasteiger partial charge in [0, 0.05) is 23.1 Å². The van der Waals surface area contributed by atoms with Crippen molar-refractivity contribution in [3.8, 4) is 23.3 Å². The zero-order valence-electron chi connectivity index (χ0n) is 14.2. The number of carbonyl (C=O) groups is 1. The zero-order valence-corrected chi connectivity index (χ0v) is 15.0. The quantitative estimate of drug-likeness (QED) is 0.686. The number of hydrogen-bond acceptors (Lipinski definition) is 5. The lowest BCUT2D eigenvalue weighted by Gasteiger charge is -2.11. The van der Waals surface area contributed by atoms with Crippen LogP contribution >= 0.6 is 11.8 Å². The number of hydrogen-bond donors (Lipinski definition) is 1. The van der Waals surface area contributed by atoms with Crippen molar-refractivity contribution in [2.75, 3.05) is 0 Å². The lowest BCUT2D eigenvalue weighted by Crippen LogP contribution is -2.10. The molecule has 1 heterocycles. The topological polar surface area (TPSA) is 104 Å². The summed E-state index contributed by atoms with van der Waals surface area (Å²) in [5.41, 5.74) is 8.77. The summed E-state index contributed by atoms with van der Waals surface area (Å²) >= 11 is 1.38. The van der Waals surface area contributed by atoms with Crippen molar-refractivity contribution in [1.29, 1.82) is 10.5 Å². The average Bonchev–Trinajstić information content (AvgIpc) is 2.72. The number of thioether (sulfide) groups is 1. The van der Waals surface area contributed by atoms with Gasteiger partial charge in [-0.15, -0.1) is 11.8 Å². The maximum absolute atomic E-state index is 11.3. The van der Waals surface area contributed by atoms with Crippen molar-refractivity contribution >= 4 is 17.7 Å². The molecule has 130 valence electrons. The molecule has 0 aliphatic carbocycles. The molecule has 3 aromatic rings. The van der Waals surface area contributed by atoms with E-state index < -0.39 is 5.91 Å². The van der Waals surface area contributed by atoms with Gasteiger partial charge in [-0.05, 0) is 23.3 Å². The molecule has 0 fully saturated rings. The molecule has 2 N–H and O–H groups in total. The number of pyridine rings is 1. The lowest BCUT2D eigenvalue weighted by molar-refractivity contribution is 0.1000. The lowest BCUT2D eigenvalue weighted by atomic mass is 9.98. The first-order valence-electron chi connectivity index (χ1n) is 8.04. The Morgan fingerprint density at radius 3 is 2.52 bits per heavy atom. The Kier molecular flexibility index (Phi) is 5.51. The first-order valence-corrected chi connectivity index (χ1v) is 9.02.